The van der Waals surface area contributed by atoms with E-state index in [0.717, 1.165) is 34.2 Å². The number of amides is 1. The number of nitrogens with zero attached hydrogens (tertiary/aromatic N) is 5. The SMILES string of the molecule is CC(C)[C@@H](Nc1ncnc2[nH]c(-c3cnn(CC(=O)N(C)C)c3)cc12)c1ccc2c(c1)S(=O)(=O)CCC2. The van der Waals surface area contributed by atoms with Crippen LogP contribution in [0.15, 0.2) is 47.9 Å². The summed E-state index contributed by atoms with van der Waals surface area (Å²) >= 11 is 0. The number of sulfone groups is 1. The van der Waals surface area contributed by atoms with Crippen LogP contribution in [-0.4, -0.2) is 63.8 Å². The summed E-state index contributed by atoms with van der Waals surface area (Å²) in [5, 5.41) is 8.67. The molecule has 10 nitrogen and oxygen atoms in total. The zero-order chi connectivity index (χ0) is 26.3. The number of anilines is 1. The van der Waals surface area contributed by atoms with Gasteiger partial charge in [-0.15, -0.1) is 0 Å². The number of nitrogens with one attached hydrogen (secondary N) is 2. The van der Waals surface area contributed by atoms with Gasteiger partial charge in [0, 0.05) is 25.9 Å². The third-order valence-electron chi connectivity index (χ3n) is 6.77. The van der Waals surface area contributed by atoms with E-state index >= 15 is 0 Å². The lowest BCUT2D eigenvalue weighted by Gasteiger charge is -2.26. The number of aromatic nitrogens is 5. The summed E-state index contributed by atoms with van der Waals surface area (Å²) in [6.07, 6.45) is 6.47. The minimum Gasteiger partial charge on any atom is -0.362 e. The topological polar surface area (TPSA) is 126 Å². The largest absolute Gasteiger partial charge is 0.362 e. The van der Waals surface area contributed by atoms with E-state index in [4.69, 9.17) is 0 Å². The van der Waals surface area contributed by atoms with Crippen molar-refractivity contribution in [1.82, 2.24) is 29.6 Å². The van der Waals surface area contributed by atoms with E-state index in [1.165, 1.54) is 11.2 Å². The van der Waals surface area contributed by atoms with E-state index in [2.05, 4.69) is 39.2 Å². The first-order valence-electron chi connectivity index (χ1n) is 12.3. The highest BCUT2D eigenvalue weighted by molar-refractivity contribution is 7.91. The number of hydrogen-bond acceptors (Lipinski definition) is 7. The number of carbonyl (C=O) groups excluding carboxylic acids is 1. The van der Waals surface area contributed by atoms with E-state index in [1.807, 2.05) is 30.5 Å². The molecule has 0 radical (unpaired) electrons. The molecule has 2 N–H and O–H groups in total. The molecule has 0 saturated heterocycles. The Hall–Kier alpha value is -3.73. The van der Waals surface area contributed by atoms with E-state index in [9.17, 15) is 13.2 Å². The average Bonchev–Trinajstić information content (AvgIpc) is 3.49. The lowest BCUT2D eigenvalue weighted by molar-refractivity contribution is -0.129. The standard InChI is InChI=1S/C26H31N7O3S/c1-16(2)24(18-8-7-17-6-5-9-37(35,36)22(17)10-18)31-26-20-11-21(30-25(20)27-15-28-26)19-12-29-33(13-19)14-23(34)32(3)4/h7-8,10-13,15-16,24H,5-6,9,14H2,1-4H3,(H2,27,28,30,31)/t24-/m1/s1. The monoisotopic (exact) mass is 521 g/mol. The number of H-pyrrole nitrogens is 1. The van der Waals surface area contributed by atoms with Gasteiger partial charge in [-0.1, -0.05) is 26.0 Å². The van der Waals surface area contributed by atoms with Gasteiger partial charge in [-0.2, -0.15) is 5.10 Å². The number of rotatable bonds is 7. The molecule has 0 saturated carbocycles. The zero-order valence-corrected chi connectivity index (χ0v) is 22.2. The number of fused-ring (bicyclic) bond motifs is 2. The summed E-state index contributed by atoms with van der Waals surface area (Å²) < 4.78 is 27.0. The van der Waals surface area contributed by atoms with Crippen molar-refractivity contribution in [2.75, 3.05) is 25.2 Å². The predicted octanol–water partition coefficient (Wildman–Crippen LogP) is 3.44. The van der Waals surface area contributed by atoms with Gasteiger partial charge in [0.25, 0.3) is 0 Å². The second-order valence-electron chi connectivity index (χ2n) is 10.0. The molecule has 11 heteroatoms. The Morgan fingerprint density at radius 2 is 2.03 bits per heavy atom. The molecule has 194 valence electrons. The molecule has 0 aliphatic carbocycles. The van der Waals surface area contributed by atoms with Gasteiger partial charge < -0.3 is 15.2 Å². The fourth-order valence-corrected chi connectivity index (χ4v) is 6.31. The summed E-state index contributed by atoms with van der Waals surface area (Å²) in [5.74, 6) is 0.974. The quantitative estimate of drug-likeness (QED) is 0.382. The van der Waals surface area contributed by atoms with Crippen LogP contribution in [0.2, 0.25) is 0 Å². The number of aromatic amines is 1. The lowest BCUT2D eigenvalue weighted by atomic mass is 9.94. The molecule has 0 unspecified atom stereocenters. The van der Waals surface area contributed by atoms with E-state index in [0.29, 0.717) is 22.8 Å². The van der Waals surface area contributed by atoms with Gasteiger partial charge in [-0.05, 0) is 42.0 Å². The first kappa shape index (κ1) is 24.9. The van der Waals surface area contributed by atoms with Crippen LogP contribution in [0.1, 0.15) is 37.4 Å². The summed E-state index contributed by atoms with van der Waals surface area (Å²) in [6, 6.07) is 7.59. The summed E-state index contributed by atoms with van der Waals surface area (Å²) in [7, 11) is 0.168. The molecule has 5 rings (SSSR count). The van der Waals surface area contributed by atoms with Crippen molar-refractivity contribution in [3.05, 3.63) is 54.1 Å². The number of likely N-dealkylation sites (N-methyl/N-ethyl adjacent to an activating group) is 1. The molecule has 1 atom stereocenters. The summed E-state index contributed by atoms with van der Waals surface area (Å²) in [5.41, 5.74) is 4.11. The maximum atomic E-state index is 12.7. The van der Waals surface area contributed by atoms with E-state index < -0.39 is 9.84 Å². The van der Waals surface area contributed by atoms with Gasteiger partial charge in [0.15, 0.2) is 9.84 Å². The van der Waals surface area contributed by atoms with Crippen molar-refractivity contribution < 1.29 is 13.2 Å². The fourth-order valence-electron chi connectivity index (χ4n) is 4.68. The van der Waals surface area contributed by atoms with E-state index in [-0.39, 0.29) is 30.2 Å². The van der Waals surface area contributed by atoms with Crippen LogP contribution in [0.25, 0.3) is 22.3 Å². The number of carbonyl (C=O) groups is 1. The highest BCUT2D eigenvalue weighted by atomic mass is 32.2. The molecule has 1 aromatic carbocycles. The maximum absolute atomic E-state index is 12.7. The lowest BCUT2D eigenvalue weighted by Crippen LogP contribution is -2.26. The normalized spacial score (nSPS) is 15.5. The van der Waals surface area contributed by atoms with Gasteiger partial charge in [0.05, 0.1) is 34.0 Å². The molecule has 4 heterocycles. The Kier molecular flexibility index (Phi) is 6.49. The van der Waals surface area contributed by atoms with Crippen molar-refractivity contribution in [2.45, 2.75) is 44.2 Å². The predicted molar refractivity (Wildman–Crippen MR) is 142 cm³/mol. The second-order valence-corrected chi connectivity index (χ2v) is 12.1. The number of benzene rings is 1. The van der Waals surface area contributed by atoms with Gasteiger partial charge >= 0.3 is 0 Å². The molecule has 0 fully saturated rings. The van der Waals surface area contributed by atoms with Crippen molar-refractivity contribution in [1.29, 1.82) is 0 Å². The average molecular weight is 522 g/mol. The van der Waals surface area contributed by atoms with Gasteiger partial charge in [-0.3, -0.25) is 9.48 Å². The van der Waals surface area contributed by atoms with Crippen LogP contribution in [0, 0.1) is 5.92 Å². The van der Waals surface area contributed by atoms with Crippen molar-refractivity contribution in [3.8, 4) is 11.3 Å². The van der Waals surface area contributed by atoms with Crippen molar-refractivity contribution in [3.63, 3.8) is 0 Å². The smallest absolute Gasteiger partial charge is 0.243 e. The molecule has 1 aliphatic heterocycles. The second kappa shape index (κ2) is 9.62. The highest BCUT2D eigenvalue weighted by Crippen LogP contribution is 2.34. The van der Waals surface area contributed by atoms with Crippen LogP contribution in [0.5, 0.6) is 0 Å². The van der Waals surface area contributed by atoms with Gasteiger partial charge in [-0.25, -0.2) is 18.4 Å². The number of aryl methyl sites for hydroxylation is 1. The van der Waals surface area contributed by atoms with Crippen LogP contribution in [0.3, 0.4) is 0 Å². The molecule has 4 aromatic rings. The molecular formula is C26H31N7O3S. The first-order chi connectivity index (χ1) is 17.6. The molecule has 0 spiro atoms. The highest BCUT2D eigenvalue weighted by Gasteiger charge is 2.26. The van der Waals surface area contributed by atoms with Gasteiger partial charge in [0.1, 0.15) is 24.3 Å². The molecule has 37 heavy (non-hydrogen) atoms. The van der Waals surface area contributed by atoms with Gasteiger partial charge in [0.2, 0.25) is 5.91 Å². The van der Waals surface area contributed by atoms with E-state index in [1.54, 1.807) is 25.0 Å². The minimum atomic E-state index is -3.26. The Morgan fingerprint density at radius 1 is 1.22 bits per heavy atom. The first-order valence-corrected chi connectivity index (χ1v) is 14.0. The van der Waals surface area contributed by atoms with Crippen molar-refractivity contribution in [2.24, 2.45) is 5.92 Å². The number of hydrogen-bond donors (Lipinski definition) is 2. The summed E-state index contributed by atoms with van der Waals surface area (Å²) in [6.45, 7) is 4.35. The van der Waals surface area contributed by atoms with Crippen LogP contribution >= 0.6 is 0 Å². The Labute approximate surface area is 216 Å². The maximum Gasteiger partial charge on any atom is 0.243 e. The Balaban J connectivity index is 1.46. The third kappa shape index (κ3) is 4.95. The summed E-state index contributed by atoms with van der Waals surface area (Å²) in [4.78, 5) is 26.2. The molecule has 0 bridgehead atoms. The molecular weight excluding hydrogens is 490 g/mol. The molecule has 1 amide bonds. The fraction of sp³-hybridized carbons (Fsp3) is 0.385. The third-order valence-corrected chi connectivity index (χ3v) is 8.65. The van der Waals surface area contributed by atoms with Crippen LogP contribution in [0.4, 0.5) is 5.82 Å². The molecule has 1 aliphatic rings. The Bertz CT molecular complexity index is 1570. The zero-order valence-electron chi connectivity index (χ0n) is 21.4. The van der Waals surface area contributed by atoms with Crippen LogP contribution in [-0.2, 0) is 27.6 Å². The van der Waals surface area contributed by atoms with Crippen molar-refractivity contribution >= 4 is 32.6 Å². The van der Waals surface area contributed by atoms with Crippen LogP contribution < -0.4 is 5.32 Å². The minimum absolute atomic E-state index is 0.0432. The molecule has 3 aromatic heterocycles. The Morgan fingerprint density at radius 3 is 2.78 bits per heavy atom.